The van der Waals surface area contributed by atoms with Crippen molar-refractivity contribution in [2.75, 3.05) is 38.6 Å². The Kier molecular flexibility index (Phi) is 6.05. The molecule has 0 amide bonds. The number of rotatable bonds is 7. The van der Waals surface area contributed by atoms with Crippen LogP contribution in [0, 0.1) is 0 Å². The molecular formula is C13H20ClN3O2. The molecule has 0 saturated heterocycles. The van der Waals surface area contributed by atoms with Gasteiger partial charge in [0.25, 0.3) is 0 Å². The highest BCUT2D eigenvalue weighted by Crippen LogP contribution is 2.20. The van der Waals surface area contributed by atoms with Crippen LogP contribution in [0.3, 0.4) is 0 Å². The van der Waals surface area contributed by atoms with E-state index in [0.29, 0.717) is 5.82 Å². The quantitative estimate of drug-likeness (QED) is 0.832. The zero-order valence-corrected chi connectivity index (χ0v) is 12.3. The van der Waals surface area contributed by atoms with Crippen LogP contribution in [0.25, 0.3) is 0 Å². The van der Waals surface area contributed by atoms with Gasteiger partial charge in [0.15, 0.2) is 0 Å². The largest absolute Gasteiger partial charge is 0.478 e. The average Bonchev–Trinajstić information content (AvgIpc) is 2.34. The van der Waals surface area contributed by atoms with Crippen LogP contribution >= 0.6 is 11.6 Å². The molecule has 0 radical (unpaired) electrons. The molecule has 6 heteroatoms. The van der Waals surface area contributed by atoms with E-state index >= 15 is 0 Å². The zero-order valence-electron chi connectivity index (χ0n) is 11.6. The number of nitrogens with zero attached hydrogens (tertiary/aromatic N) is 3. The molecule has 0 bridgehead atoms. The molecule has 1 N–H and O–H groups in total. The summed E-state index contributed by atoms with van der Waals surface area (Å²) in [6, 6.07) is 1.54. The van der Waals surface area contributed by atoms with Gasteiger partial charge in [0.1, 0.15) is 5.82 Å². The lowest BCUT2D eigenvalue weighted by molar-refractivity contribution is 0.0697. The van der Waals surface area contributed by atoms with Crippen molar-refractivity contribution in [1.29, 1.82) is 0 Å². The van der Waals surface area contributed by atoms with E-state index in [1.54, 1.807) is 0 Å². The summed E-state index contributed by atoms with van der Waals surface area (Å²) in [5.74, 6) is -0.372. The molecule has 1 rings (SSSR count). The van der Waals surface area contributed by atoms with Gasteiger partial charge in [-0.25, -0.2) is 9.78 Å². The Bertz CT molecular complexity index is 438. The van der Waals surface area contributed by atoms with Gasteiger partial charge in [-0.3, -0.25) is 0 Å². The van der Waals surface area contributed by atoms with Gasteiger partial charge in [-0.15, -0.1) is 0 Å². The van der Waals surface area contributed by atoms with E-state index in [0.717, 1.165) is 26.1 Å². The van der Waals surface area contributed by atoms with Crippen molar-refractivity contribution < 1.29 is 9.90 Å². The van der Waals surface area contributed by atoms with E-state index in [-0.39, 0.29) is 10.6 Å². The number of hydrogen-bond acceptors (Lipinski definition) is 4. The third-order valence-electron chi connectivity index (χ3n) is 2.71. The predicted molar refractivity (Wildman–Crippen MR) is 77.3 cm³/mol. The van der Waals surface area contributed by atoms with Crippen LogP contribution in [0.4, 0.5) is 5.82 Å². The number of aromatic nitrogens is 1. The maximum absolute atomic E-state index is 11.1. The zero-order chi connectivity index (χ0) is 14.4. The van der Waals surface area contributed by atoms with Gasteiger partial charge in [-0.2, -0.15) is 0 Å². The second kappa shape index (κ2) is 7.31. The predicted octanol–water partition coefficient (Wildman–Crippen LogP) is 2.21. The van der Waals surface area contributed by atoms with E-state index in [4.69, 9.17) is 16.7 Å². The van der Waals surface area contributed by atoms with Crippen molar-refractivity contribution in [1.82, 2.24) is 9.88 Å². The molecule has 19 heavy (non-hydrogen) atoms. The molecule has 0 atom stereocenters. The van der Waals surface area contributed by atoms with Crippen LogP contribution in [0.5, 0.6) is 0 Å². The fraction of sp³-hybridized carbons (Fsp3) is 0.538. The summed E-state index contributed by atoms with van der Waals surface area (Å²) < 4.78 is 0. The molecule has 0 spiro atoms. The first kappa shape index (κ1) is 15.7. The maximum Gasteiger partial charge on any atom is 0.337 e. The SMILES string of the molecule is CCCN(CCN(C)C)c1cc(C(=O)O)c(Cl)cn1. The number of likely N-dealkylation sites (N-methyl/N-ethyl adjacent to an activating group) is 1. The Morgan fingerprint density at radius 1 is 1.37 bits per heavy atom. The standard InChI is InChI=1S/C13H20ClN3O2/c1-4-5-17(7-6-16(2)3)12-8-10(13(18)19)11(14)9-15-12/h8-9H,4-7H2,1-3H3,(H,18,19). The van der Waals surface area contributed by atoms with Crippen LogP contribution < -0.4 is 4.90 Å². The lowest BCUT2D eigenvalue weighted by Crippen LogP contribution is -2.33. The van der Waals surface area contributed by atoms with Crippen molar-refractivity contribution in [2.24, 2.45) is 0 Å². The molecule has 0 aliphatic carbocycles. The summed E-state index contributed by atoms with van der Waals surface area (Å²) in [6.45, 7) is 4.60. The van der Waals surface area contributed by atoms with Crippen LogP contribution in [0.15, 0.2) is 12.3 Å². The molecule has 0 unspecified atom stereocenters. The van der Waals surface area contributed by atoms with Crippen LogP contribution in [0.2, 0.25) is 5.02 Å². The summed E-state index contributed by atoms with van der Waals surface area (Å²) in [7, 11) is 4.00. The highest BCUT2D eigenvalue weighted by Gasteiger charge is 2.14. The molecule has 1 aromatic rings. The number of carboxylic acid groups (broad SMARTS) is 1. The van der Waals surface area contributed by atoms with Gasteiger partial charge in [0.2, 0.25) is 0 Å². The Labute approximate surface area is 118 Å². The van der Waals surface area contributed by atoms with Crippen molar-refractivity contribution >= 4 is 23.4 Å². The Morgan fingerprint density at radius 2 is 2.05 bits per heavy atom. The van der Waals surface area contributed by atoms with Gasteiger partial charge in [-0.1, -0.05) is 18.5 Å². The van der Waals surface area contributed by atoms with Crippen molar-refractivity contribution in [3.8, 4) is 0 Å². The van der Waals surface area contributed by atoms with Crippen molar-refractivity contribution in [3.63, 3.8) is 0 Å². The number of pyridine rings is 1. The third-order valence-corrected chi connectivity index (χ3v) is 3.01. The molecule has 1 heterocycles. The normalized spacial score (nSPS) is 10.8. The molecule has 0 aromatic carbocycles. The van der Waals surface area contributed by atoms with Gasteiger partial charge >= 0.3 is 5.97 Å². The summed E-state index contributed by atoms with van der Waals surface area (Å²) in [5.41, 5.74) is 0.0950. The lowest BCUT2D eigenvalue weighted by Gasteiger charge is -2.25. The van der Waals surface area contributed by atoms with Gasteiger partial charge in [0, 0.05) is 25.8 Å². The van der Waals surface area contributed by atoms with Gasteiger partial charge in [-0.05, 0) is 26.6 Å². The molecule has 1 aromatic heterocycles. The Hall–Kier alpha value is -1.33. The average molecular weight is 286 g/mol. The first-order valence-corrected chi connectivity index (χ1v) is 6.62. The number of carboxylic acids is 1. The highest BCUT2D eigenvalue weighted by molar-refractivity contribution is 6.33. The van der Waals surface area contributed by atoms with Crippen LogP contribution in [-0.4, -0.2) is 54.7 Å². The van der Waals surface area contributed by atoms with Gasteiger partial charge < -0.3 is 14.9 Å². The second-order valence-corrected chi connectivity index (χ2v) is 5.03. The fourth-order valence-electron chi connectivity index (χ4n) is 1.70. The van der Waals surface area contributed by atoms with E-state index in [2.05, 4.69) is 21.7 Å². The molecule has 5 nitrogen and oxygen atoms in total. The topological polar surface area (TPSA) is 56.7 Å². The number of aromatic carboxylic acids is 1. The summed E-state index contributed by atoms with van der Waals surface area (Å²) >= 11 is 5.83. The minimum atomic E-state index is -1.03. The van der Waals surface area contributed by atoms with Gasteiger partial charge in [0.05, 0.1) is 10.6 Å². The minimum Gasteiger partial charge on any atom is -0.478 e. The molecular weight excluding hydrogens is 266 g/mol. The lowest BCUT2D eigenvalue weighted by atomic mass is 10.2. The van der Waals surface area contributed by atoms with E-state index in [1.807, 2.05) is 14.1 Å². The summed E-state index contributed by atoms with van der Waals surface area (Å²) in [4.78, 5) is 19.5. The third kappa shape index (κ3) is 4.69. The molecule has 0 fully saturated rings. The van der Waals surface area contributed by atoms with Crippen LogP contribution in [0.1, 0.15) is 23.7 Å². The Morgan fingerprint density at radius 3 is 2.58 bits per heavy atom. The molecule has 106 valence electrons. The first-order valence-electron chi connectivity index (χ1n) is 6.24. The van der Waals surface area contributed by atoms with E-state index in [9.17, 15) is 4.79 Å². The molecule has 0 saturated carbocycles. The number of hydrogen-bond donors (Lipinski definition) is 1. The molecule has 0 aliphatic heterocycles. The number of halogens is 1. The fourth-order valence-corrected chi connectivity index (χ4v) is 1.88. The summed E-state index contributed by atoms with van der Waals surface area (Å²) in [5, 5.41) is 9.25. The van der Waals surface area contributed by atoms with Crippen molar-refractivity contribution in [3.05, 3.63) is 22.8 Å². The monoisotopic (exact) mass is 285 g/mol. The van der Waals surface area contributed by atoms with Crippen molar-refractivity contribution in [2.45, 2.75) is 13.3 Å². The maximum atomic E-state index is 11.1. The smallest absolute Gasteiger partial charge is 0.337 e. The highest BCUT2D eigenvalue weighted by atomic mass is 35.5. The number of anilines is 1. The summed E-state index contributed by atoms with van der Waals surface area (Å²) in [6.07, 6.45) is 2.37. The first-order chi connectivity index (χ1) is 8.95. The number of carbonyl (C=O) groups is 1. The van der Waals surface area contributed by atoms with E-state index in [1.165, 1.54) is 12.3 Å². The van der Waals surface area contributed by atoms with Crippen LogP contribution in [-0.2, 0) is 0 Å². The Balaban J connectivity index is 2.95. The second-order valence-electron chi connectivity index (χ2n) is 4.62. The molecule has 0 aliphatic rings. The van der Waals surface area contributed by atoms with E-state index < -0.39 is 5.97 Å². The minimum absolute atomic E-state index is 0.0950.